The minimum atomic E-state index is -0.218. The predicted octanol–water partition coefficient (Wildman–Crippen LogP) is -0.135. The van der Waals surface area contributed by atoms with E-state index in [4.69, 9.17) is 0 Å². The maximum atomic E-state index is 9.52. The Morgan fingerprint density at radius 3 is 3.21 bits per heavy atom. The zero-order valence-corrected chi connectivity index (χ0v) is 8.43. The topological polar surface area (TPSA) is 54.2 Å². The maximum Gasteiger partial charge on any atom is 0.147 e. The molecule has 0 saturated carbocycles. The van der Waals surface area contributed by atoms with Crippen LogP contribution in [0.25, 0.3) is 0 Å². The molecule has 0 unspecified atom stereocenters. The molecule has 0 saturated heterocycles. The van der Waals surface area contributed by atoms with Gasteiger partial charge in [0.25, 0.3) is 0 Å². The fourth-order valence-electron chi connectivity index (χ4n) is 1.70. The molecule has 5 nitrogen and oxygen atoms in total. The van der Waals surface area contributed by atoms with Crippen molar-refractivity contribution in [2.45, 2.75) is 32.5 Å². The van der Waals surface area contributed by atoms with Gasteiger partial charge in [0.05, 0.1) is 12.6 Å². The monoisotopic (exact) mass is 196 g/mol. The van der Waals surface area contributed by atoms with E-state index in [0.29, 0.717) is 0 Å². The summed E-state index contributed by atoms with van der Waals surface area (Å²) < 4.78 is 2.06. The van der Waals surface area contributed by atoms with Gasteiger partial charge >= 0.3 is 0 Å². The lowest BCUT2D eigenvalue weighted by molar-refractivity contribution is 0.0934. The van der Waals surface area contributed by atoms with E-state index in [-0.39, 0.29) is 6.10 Å². The standard InChI is InChI=1S/C9H16N4O/c1-2-8(14)5-12-3-4-13-7-10-11-9(13)6-12/h7-8,14H,2-6H2,1H3/t8-/m0/s1. The molecule has 78 valence electrons. The van der Waals surface area contributed by atoms with Crippen molar-refractivity contribution in [3.05, 3.63) is 12.2 Å². The van der Waals surface area contributed by atoms with Crippen molar-refractivity contribution in [1.29, 1.82) is 0 Å². The summed E-state index contributed by atoms with van der Waals surface area (Å²) in [5, 5.41) is 17.4. The highest BCUT2D eigenvalue weighted by atomic mass is 16.3. The highest BCUT2D eigenvalue weighted by Gasteiger charge is 2.18. The van der Waals surface area contributed by atoms with Crippen molar-refractivity contribution in [3.63, 3.8) is 0 Å². The maximum absolute atomic E-state index is 9.52. The second-order valence-corrected chi connectivity index (χ2v) is 3.74. The molecular formula is C9H16N4O. The second-order valence-electron chi connectivity index (χ2n) is 3.74. The molecule has 0 aromatic carbocycles. The lowest BCUT2D eigenvalue weighted by atomic mass is 10.2. The van der Waals surface area contributed by atoms with Crippen LogP contribution in [-0.2, 0) is 13.1 Å². The lowest BCUT2D eigenvalue weighted by Crippen LogP contribution is -2.38. The van der Waals surface area contributed by atoms with Crippen LogP contribution < -0.4 is 0 Å². The van der Waals surface area contributed by atoms with E-state index in [2.05, 4.69) is 19.7 Å². The van der Waals surface area contributed by atoms with Crippen molar-refractivity contribution in [3.8, 4) is 0 Å². The zero-order valence-electron chi connectivity index (χ0n) is 8.43. The largest absolute Gasteiger partial charge is 0.392 e. The average molecular weight is 196 g/mol. The smallest absolute Gasteiger partial charge is 0.147 e. The van der Waals surface area contributed by atoms with Gasteiger partial charge in [-0.2, -0.15) is 0 Å². The molecule has 5 heteroatoms. The molecule has 14 heavy (non-hydrogen) atoms. The first-order valence-electron chi connectivity index (χ1n) is 5.06. The van der Waals surface area contributed by atoms with Crippen LogP contribution in [0.2, 0.25) is 0 Å². The van der Waals surface area contributed by atoms with Crippen LogP contribution >= 0.6 is 0 Å². The summed E-state index contributed by atoms with van der Waals surface area (Å²) in [4.78, 5) is 2.22. The molecule has 1 N–H and O–H groups in total. The average Bonchev–Trinajstić information content (AvgIpc) is 2.64. The Morgan fingerprint density at radius 1 is 1.57 bits per heavy atom. The number of rotatable bonds is 3. The molecule has 0 spiro atoms. The Kier molecular flexibility index (Phi) is 2.79. The third-order valence-electron chi connectivity index (χ3n) is 2.66. The first kappa shape index (κ1) is 9.61. The Labute approximate surface area is 83.4 Å². The molecule has 1 atom stereocenters. The molecule has 1 aromatic heterocycles. The van der Waals surface area contributed by atoms with Crippen molar-refractivity contribution < 1.29 is 5.11 Å². The molecule has 2 heterocycles. The van der Waals surface area contributed by atoms with Crippen LogP contribution in [0.4, 0.5) is 0 Å². The molecule has 0 radical (unpaired) electrons. The summed E-state index contributed by atoms with van der Waals surface area (Å²) in [7, 11) is 0. The molecule has 0 amide bonds. The third-order valence-corrected chi connectivity index (χ3v) is 2.66. The molecule has 1 aliphatic rings. The Hall–Kier alpha value is -0.940. The van der Waals surface area contributed by atoms with Gasteiger partial charge < -0.3 is 9.67 Å². The van der Waals surface area contributed by atoms with Gasteiger partial charge in [0.15, 0.2) is 0 Å². The van der Waals surface area contributed by atoms with Crippen molar-refractivity contribution in [2.75, 3.05) is 13.1 Å². The van der Waals surface area contributed by atoms with Gasteiger partial charge in [0, 0.05) is 19.6 Å². The van der Waals surface area contributed by atoms with E-state index in [0.717, 1.165) is 38.4 Å². The van der Waals surface area contributed by atoms with Gasteiger partial charge in [-0.25, -0.2) is 0 Å². The van der Waals surface area contributed by atoms with Crippen LogP contribution in [0.3, 0.4) is 0 Å². The summed E-state index contributed by atoms with van der Waals surface area (Å²) >= 11 is 0. The minimum absolute atomic E-state index is 0.218. The highest BCUT2D eigenvalue weighted by Crippen LogP contribution is 2.09. The van der Waals surface area contributed by atoms with Gasteiger partial charge in [-0.1, -0.05) is 6.92 Å². The summed E-state index contributed by atoms with van der Waals surface area (Å²) in [5.41, 5.74) is 0. The SMILES string of the molecule is CC[C@H](O)CN1CCn2cnnc2C1. The van der Waals surface area contributed by atoms with E-state index in [1.807, 2.05) is 6.92 Å². The van der Waals surface area contributed by atoms with E-state index in [9.17, 15) is 5.11 Å². The van der Waals surface area contributed by atoms with Crippen molar-refractivity contribution in [2.24, 2.45) is 0 Å². The van der Waals surface area contributed by atoms with Gasteiger partial charge in [0.1, 0.15) is 12.2 Å². The molecule has 0 aliphatic carbocycles. The summed E-state index contributed by atoms with van der Waals surface area (Å²) in [6, 6.07) is 0. The van der Waals surface area contributed by atoms with Crippen LogP contribution in [0.15, 0.2) is 6.33 Å². The number of hydrogen-bond acceptors (Lipinski definition) is 4. The number of aliphatic hydroxyl groups excluding tert-OH is 1. The van der Waals surface area contributed by atoms with E-state index >= 15 is 0 Å². The van der Waals surface area contributed by atoms with E-state index < -0.39 is 0 Å². The van der Waals surface area contributed by atoms with Gasteiger partial charge in [-0.05, 0) is 6.42 Å². The first-order valence-corrected chi connectivity index (χ1v) is 5.06. The Balaban J connectivity index is 1.94. The molecule has 1 aliphatic heterocycles. The van der Waals surface area contributed by atoms with Crippen molar-refractivity contribution >= 4 is 0 Å². The first-order chi connectivity index (χ1) is 6.79. The number of hydrogen-bond donors (Lipinski definition) is 1. The van der Waals surface area contributed by atoms with Gasteiger partial charge in [-0.15, -0.1) is 10.2 Å². The lowest BCUT2D eigenvalue weighted by Gasteiger charge is -2.28. The second kappa shape index (κ2) is 4.06. The summed E-state index contributed by atoms with van der Waals surface area (Å²) in [6.45, 7) is 5.44. The van der Waals surface area contributed by atoms with Crippen LogP contribution in [0.5, 0.6) is 0 Å². The molecular weight excluding hydrogens is 180 g/mol. The Bertz CT molecular complexity index is 299. The summed E-state index contributed by atoms with van der Waals surface area (Å²) in [6.07, 6.45) is 2.36. The quantitative estimate of drug-likeness (QED) is 0.731. The fourth-order valence-corrected chi connectivity index (χ4v) is 1.70. The van der Waals surface area contributed by atoms with Crippen LogP contribution in [-0.4, -0.2) is 44.0 Å². The van der Waals surface area contributed by atoms with Gasteiger partial charge in [-0.3, -0.25) is 4.90 Å². The van der Waals surface area contributed by atoms with Crippen molar-refractivity contribution in [1.82, 2.24) is 19.7 Å². The summed E-state index contributed by atoms with van der Waals surface area (Å²) in [5.74, 6) is 1.000. The zero-order chi connectivity index (χ0) is 9.97. The number of nitrogens with zero attached hydrogens (tertiary/aromatic N) is 4. The molecule has 0 bridgehead atoms. The predicted molar refractivity (Wildman–Crippen MR) is 51.6 cm³/mol. The fraction of sp³-hybridized carbons (Fsp3) is 0.778. The molecule has 2 rings (SSSR count). The van der Waals surface area contributed by atoms with E-state index in [1.165, 1.54) is 0 Å². The normalized spacial score (nSPS) is 19.3. The van der Waals surface area contributed by atoms with Crippen LogP contribution in [0.1, 0.15) is 19.2 Å². The number of β-amino-alcohol motifs (C(OH)–C–C–N with tert-alkyl or cyclic N) is 1. The van der Waals surface area contributed by atoms with Crippen LogP contribution in [0, 0.1) is 0 Å². The Morgan fingerprint density at radius 2 is 2.43 bits per heavy atom. The highest BCUT2D eigenvalue weighted by molar-refractivity contribution is 4.90. The minimum Gasteiger partial charge on any atom is -0.392 e. The molecule has 0 fully saturated rings. The number of aromatic nitrogens is 3. The van der Waals surface area contributed by atoms with E-state index in [1.54, 1.807) is 6.33 Å². The number of fused-ring (bicyclic) bond motifs is 1. The third kappa shape index (κ3) is 1.93. The van der Waals surface area contributed by atoms with Gasteiger partial charge in [0.2, 0.25) is 0 Å². The molecule has 1 aromatic rings. The number of aliphatic hydroxyl groups is 1.